The normalized spacial score (nSPS) is 14.5. The summed E-state index contributed by atoms with van der Waals surface area (Å²) in [5.74, 6) is 1.76. The van der Waals surface area contributed by atoms with E-state index in [-0.39, 0.29) is 31.1 Å². The molecule has 0 aromatic heterocycles. The number of halogens is 4. The number of carbonyl (C=O) groups is 1. The predicted molar refractivity (Wildman–Crippen MR) is 36.0 cm³/mol. The molecule has 0 saturated carbocycles. The molecule has 1 fully saturated rings. The maximum absolute atomic E-state index is 11.5. The SMILES string of the molecule is O=C1OC[C-](C(F)(F)F)O1.[CH2-]C#CF.[U+2]. The number of cyclic esters (lactones) is 2. The van der Waals surface area contributed by atoms with E-state index in [1.165, 1.54) is 0 Å². The van der Waals surface area contributed by atoms with Crippen LogP contribution in [0.4, 0.5) is 22.4 Å². The van der Waals surface area contributed by atoms with Crippen LogP contribution < -0.4 is 0 Å². The van der Waals surface area contributed by atoms with Gasteiger partial charge in [0.15, 0.2) is 0 Å². The zero-order chi connectivity index (χ0) is 11.2. The average molecular weight is 450 g/mol. The molecule has 0 aromatic rings. The van der Waals surface area contributed by atoms with Crippen LogP contribution in [0.15, 0.2) is 0 Å². The van der Waals surface area contributed by atoms with Crippen LogP contribution >= 0.6 is 0 Å². The van der Waals surface area contributed by atoms with Gasteiger partial charge in [0.25, 0.3) is 0 Å². The molecule has 15 heavy (non-hydrogen) atoms. The summed E-state index contributed by atoms with van der Waals surface area (Å²) >= 11 is 0. The first-order valence-electron chi connectivity index (χ1n) is 3.07. The minimum absolute atomic E-state index is 0. The Morgan fingerprint density at radius 2 is 1.93 bits per heavy atom. The van der Waals surface area contributed by atoms with E-state index < -0.39 is 25.0 Å². The molecule has 0 bridgehead atoms. The van der Waals surface area contributed by atoms with Gasteiger partial charge in [-0.3, -0.25) is 10.3 Å². The number of rotatable bonds is 0. The molecule has 0 atom stereocenters. The van der Waals surface area contributed by atoms with Gasteiger partial charge in [-0.05, 0) is 6.10 Å². The van der Waals surface area contributed by atoms with Gasteiger partial charge < -0.3 is 9.47 Å². The first-order valence-corrected chi connectivity index (χ1v) is 3.07. The summed E-state index contributed by atoms with van der Waals surface area (Å²) in [5, 5.41) is 0. The van der Waals surface area contributed by atoms with Crippen molar-refractivity contribution in [2.75, 3.05) is 6.61 Å². The maximum atomic E-state index is 11.5. The molecule has 0 radical (unpaired) electrons. The van der Waals surface area contributed by atoms with Gasteiger partial charge in [-0.1, -0.05) is 0 Å². The van der Waals surface area contributed by atoms with Gasteiger partial charge in [-0.2, -0.15) is 6.92 Å². The first kappa shape index (κ1) is 16.9. The summed E-state index contributed by atoms with van der Waals surface area (Å²) in [7, 11) is 0. The van der Waals surface area contributed by atoms with Crippen LogP contribution in [0.1, 0.15) is 0 Å². The summed E-state index contributed by atoms with van der Waals surface area (Å²) in [6, 6.07) is 0. The fourth-order valence-corrected chi connectivity index (χ4v) is 0.424. The zero-order valence-corrected chi connectivity index (χ0v) is 11.3. The number of hydrogen-bond acceptors (Lipinski definition) is 3. The molecule has 82 valence electrons. The molecule has 0 aromatic carbocycles. The van der Waals surface area contributed by atoms with Crippen molar-refractivity contribution in [3.8, 4) is 12.1 Å². The van der Waals surface area contributed by atoms with Crippen molar-refractivity contribution in [3.63, 3.8) is 0 Å². The van der Waals surface area contributed by atoms with Gasteiger partial charge in [0.1, 0.15) is 0 Å². The Morgan fingerprint density at radius 1 is 1.47 bits per heavy atom. The van der Waals surface area contributed by atoms with E-state index in [2.05, 4.69) is 16.4 Å². The second-order valence-electron chi connectivity index (χ2n) is 1.83. The number of hydrogen-bond donors (Lipinski definition) is 0. The second-order valence-corrected chi connectivity index (χ2v) is 1.83. The summed E-state index contributed by atoms with van der Waals surface area (Å²) < 4.78 is 52.4. The summed E-state index contributed by atoms with van der Waals surface area (Å²) in [6.45, 7) is 2.05. The number of ether oxygens (including phenoxy) is 2. The van der Waals surface area contributed by atoms with E-state index in [4.69, 9.17) is 0 Å². The molecule has 1 rings (SSSR count). The van der Waals surface area contributed by atoms with E-state index >= 15 is 0 Å². The fraction of sp³-hybridized carbons (Fsp3) is 0.286. The third-order valence-electron chi connectivity index (χ3n) is 0.911. The van der Waals surface area contributed by atoms with Crippen molar-refractivity contribution in [3.05, 3.63) is 13.0 Å². The molecular weight excluding hydrogens is 446 g/mol. The van der Waals surface area contributed by atoms with Crippen LogP contribution in [0, 0.1) is 56.2 Å². The van der Waals surface area contributed by atoms with Crippen LogP contribution in [-0.2, 0) is 9.47 Å². The topological polar surface area (TPSA) is 35.5 Å². The summed E-state index contributed by atoms with van der Waals surface area (Å²) in [4.78, 5) is 9.93. The third kappa shape index (κ3) is 7.41. The average Bonchev–Trinajstić information content (AvgIpc) is 2.51. The van der Waals surface area contributed by atoms with Crippen LogP contribution in [0.2, 0.25) is 0 Å². The van der Waals surface area contributed by atoms with Crippen molar-refractivity contribution in [1.29, 1.82) is 0 Å². The molecule has 0 unspecified atom stereocenters. The van der Waals surface area contributed by atoms with Gasteiger partial charge >= 0.3 is 43.4 Å². The minimum atomic E-state index is -4.59. The Bertz CT molecular complexity index is 249. The first-order chi connectivity index (χ1) is 6.41. The van der Waals surface area contributed by atoms with Crippen LogP contribution in [0.5, 0.6) is 0 Å². The number of carbonyl (C=O) groups excluding carboxylic acids is 1. The molecule has 3 nitrogen and oxygen atoms in total. The minimum Gasteiger partial charge on any atom is -0.591 e. The molecule has 8 heteroatoms. The molecule has 1 saturated heterocycles. The van der Waals surface area contributed by atoms with E-state index in [1.54, 1.807) is 5.92 Å². The summed E-state index contributed by atoms with van der Waals surface area (Å²) in [6.07, 6.45) is -6.11. The molecule has 1 aliphatic rings. The standard InChI is InChI=1S/C4H2F3O3.C3H2F.U/c5-4(6,7)2-1-9-3(8)10-2;1-2-3-4;/h1H2;1H2;/q2*-1;+2. The molecule has 0 amide bonds. The Morgan fingerprint density at radius 3 is 2.07 bits per heavy atom. The molecular formula is C7H4F4O3U. The van der Waals surface area contributed by atoms with Gasteiger partial charge in [-0.25, -0.2) is 18.0 Å². The monoisotopic (exact) mass is 450 g/mol. The number of alkyl halides is 3. The third-order valence-corrected chi connectivity index (χ3v) is 0.911. The van der Waals surface area contributed by atoms with E-state index in [1.807, 2.05) is 0 Å². The summed E-state index contributed by atoms with van der Waals surface area (Å²) in [5.41, 5.74) is 0. The van der Waals surface area contributed by atoms with Gasteiger partial charge in [0, 0.05) is 6.61 Å². The zero-order valence-electron chi connectivity index (χ0n) is 7.15. The molecule has 0 N–H and O–H groups in total. The predicted octanol–water partition coefficient (Wildman–Crippen LogP) is 2.00. The Kier molecular flexibility index (Phi) is 8.69. The van der Waals surface area contributed by atoms with Crippen molar-refractivity contribution in [2.45, 2.75) is 6.18 Å². The van der Waals surface area contributed by atoms with Gasteiger partial charge in [-0.15, -0.1) is 6.17 Å². The van der Waals surface area contributed by atoms with Crippen molar-refractivity contribution >= 4 is 6.16 Å². The van der Waals surface area contributed by atoms with Gasteiger partial charge in [0.2, 0.25) is 0 Å². The van der Waals surface area contributed by atoms with E-state index in [0.717, 1.165) is 6.17 Å². The smallest absolute Gasteiger partial charge is 0.591 e. The maximum Gasteiger partial charge on any atom is 2.00 e. The molecule has 0 spiro atoms. The molecule has 1 aliphatic heterocycles. The van der Waals surface area contributed by atoms with E-state index in [9.17, 15) is 22.4 Å². The van der Waals surface area contributed by atoms with Crippen molar-refractivity contribution < 1.29 is 62.9 Å². The Labute approximate surface area is 107 Å². The van der Waals surface area contributed by atoms with Crippen LogP contribution in [-0.4, -0.2) is 18.9 Å². The van der Waals surface area contributed by atoms with E-state index in [0.29, 0.717) is 0 Å². The largest absolute Gasteiger partial charge is 2.00 e. The Balaban J connectivity index is 0. The van der Waals surface area contributed by atoms with Crippen LogP contribution in [0.25, 0.3) is 0 Å². The molecule has 1 heterocycles. The van der Waals surface area contributed by atoms with Crippen molar-refractivity contribution in [2.24, 2.45) is 0 Å². The quantitative estimate of drug-likeness (QED) is 0.245. The second kappa shape index (κ2) is 7.72. The fourth-order valence-electron chi connectivity index (χ4n) is 0.424. The van der Waals surface area contributed by atoms with Crippen LogP contribution in [0.3, 0.4) is 0 Å². The Hall–Kier alpha value is -0.528. The van der Waals surface area contributed by atoms with Gasteiger partial charge in [0.05, 0.1) is 0 Å². The molecule has 0 aliphatic carbocycles. The van der Waals surface area contributed by atoms with Crippen molar-refractivity contribution in [1.82, 2.24) is 0 Å².